The number of rotatable bonds is 5. The first-order valence-corrected chi connectivity index (χ1v) is 5.49. The summed E-state index contributed by atoms with van der Waals surface area (Å²) >= 11 is 0. The zero-order chi connectivity index (χ0) is 15.3. The molecule has 20 heavy (non-hydrogen) atoms. The maximum atomic E-state index is 12.3. The summed E-state index contributed by atoms with van der Waals surface area (Å²) in [5.41, 5.74) is -1.72. The van der Waals surface area contributed by atoms with Gasteiger partial charge in [0.2, 0.25) is 5.91 Å². The topological polar surface area (TPSA) is 106 Å². The summed E-state index contributed by atoms with van der Waals surface area (Å²) in [6, 6.07) is 0.907. The molecule has 3 N–H and O–H groups in total. The van der Waals surface area contributed by atoms with Crippen molar-refractivity contribution in [2.75, 3.05) is 19.7 Å². The lowest BCUT2D eigenvalue weighted by atomic mass is 10.2. The molecule has 10 heteroatoms. The molecule has 0 saturated carbocycles. The molecule has 0 aliphatic carbocycles. The van der Waals surface area contributed by atoms with E-state index in [-0.39, 0.29) is 5.69 Å². The lowest BCUT2D eigenvalue weighted by molar-refractivity contribution is -0.161. The average Bonchev–Trinajstić information content (AvgIpc) is 2.25. The molecule has 112 valence electrons. The number of alkyl halides is 3. The molecule has 1 aromatic heterocycles. The fourth-order valence-electron chi connectivity index (χ4n) is 1.52. The van der Waals surface area contributed by atoms with Gasteiger partial charge in [0.1, 0.15) is 6.54 Å². The average molecular weight is 295 g/mol. The predicted molar refractivity (Wildman–Crippen MR) is 61.1 cm³/mol. The van der Waals surface area contributed by atoms with Crippen LogP contribution in [0.3, 0.4) is 0 Å². The molecule has 0 spiro atoms. The molecule has 1 amide bonds. The van der Waals surface area contributed by atoms with Crippen LogP contribution >= 0.6 is 0 Å². The van der Waals surface area contributed by atoms with Gasteiger partial charge in [-0.15, -0.1) is 0 Å². The second kappa shape index (κ2) is 6.37. The third-order valence-corrected chi connectivity index (χ3v) is 2.25. The van der Waals surface area contributed by atoms with Gasteiger partial charge in [-0.25, -0.2) is 4.79 Å². The lowest BCUT2D eigenvalue weighted by Crippen LogP contribution is -2.41. The van der Waals surface area contributed by atoms with Gasteiger partial charge in [-0.1, -0.05) is 0 Å². The quantitative estimate of drug-likeness (QED) is 0.647. The lowest BCUT2D eigenvalue weighted by Gasteiger charge is -2.22. The number of nitrogens with one attached hydrogen (secondary N) is 2. The number of carbonyl (C=O) groups excluding carboxylic acids is 1. The first-order chi connectivity index (χ1) is 9.21. The molecule has 0 unspecified atom stereocenters. The zero-order valence-corrected chi connectivity index (χ0v) is 10.2. The van der Waals surface area contributed by atoms with E-state index in [4.69, 9.17) is 5.11 Å². The molecule has 1 aromatic rings. The molecule has 0 aliphatic rings. The molecule has 0 aromatic carbocycles. The minimum atomic E-state index is -4.60. The summed E-state index contributed by atoms with van der Waals surface area (Å²) in [5, 5.41) is 8.66. The molecule has 1 heterocycles. The Labute approximate surface area is 110 Å². The minimum Gasteiger partial charge on any atom is -0.395 e. The van der Waals surface area contributed by atoms with E-state index in [1.807, 2.05) is 4.98 Å². The Morgan fingerprint density at radius 1 is 1.30 bits per heavy atom. The summed E-state index contributed by atoms with van der Waals surface area (Å²) in [4.78, 5) is 38.0. The van der Waals surface area contributed by atoms with Crippen LogP contribution in [0.5, 0.6) is 0 Å². The number of amides is 1. The predicted octanol–water partition coefficient (Wildman–Crippen LogP) is -1.01. The molecule has 1 rings (SSSR count). The second-order valence-corrected chi connectivity index (χ2v) is 3.94. The smallest absolute Gasteiger partial charge is 0.395 e. The van der Waals surface area contributed by atoms with Crippen molar-refractivity contribution in [3.63, 3.8) is 0 Å². The van der Waals surface area contributed by atoms with Crippen LogP contribution in [0, 0.1) is 0 Å². The molecule has 0 fully saturated rings. The van der Waals surface area contributed by atoms with Crippen LogP contribution in [0.2, 0.25) is 0 Å². The SMILES string of the molecule is O=C(Cc1cc(=O)[nH]c(=O)[nH]1)N(CCO)CC(F)(F)F. The van der Waals surface area contributed by atoms with Crippen molar-refractivity contribution < 1.29 is 23.1 Å². The molecule has 0 atom stereocenters. The number of nitrogens with zero attached hydrogens (tertiary/aromatic N) is 1. The summed E-state index contributed by atoms with van der Waals surface area (Å²) < 4.78 is 36.8. The van der Waals surface area contributed by atoms with Crippen LogP contribution in [0.4, 0.5) is 13.2 Å². The van der Waals surface area contributed by atoms with Crippen molar-refractivity contribution in [2.24, 2.45) is 0 Å². The molecule has 7 nitrogen and oxygen atoms in total. The molecule has 0 saturated heterocycles. The second-order valence-electron chi connectivity index (χ2n) is 3.94. The van der Waals surface area contributed by atoms with E-state index in [0.29, 0.717) is 4.90 Å². The van der Waals surface area contributed by atoms with Crippen molar-refractivity contribution in [3.8, 4) is 0 Å². The number of halogens is 3. The standard InChI is InChI=1S/C10H12F3N3O4/c11-10(12,13)5-16(1-2-17)8(19)4-6-3-7(18)15-9(20)14-6/h3,17H,1-2,4-5H2,(H2,14,15,18,20). The third kappa shape index (κ3) is 5.26. The highest BCUT2D eigenvalue weighted by Crippen LogP contribution is 2.16. The minimum absolute atomic E-state index is 0.103. The Bertz CT molecular complexity index is 550. The molecule has 0 aliphatic heterocycles. The Hall–Kier alpha value is -2.10. The van der Waals surface area contributed by atoms with E-state index >= 15 is 0 Å². The van der Waals surface area contributed by atoms with Gasteiger partial charge in [0, 0.05) is 18.3 Å². The summed E-state index contributed by atoms with van der Waals surface area (Å²) in [7, 11) is 0. The summed E-state index contributed by atoms with van der Waals surface area (Å²) in [6.07, 6.45) is -5.18. The Balaban J connectivity index is 2.85. The molecular formula is C10H12F3N3O4. The van der Waals surface area contributed by atoms with E-state index < -0.39 is 49.4 Å². The van der Waals surface area contributed by atoms with Crippen molar-refractivity contribution in [1.82, 2.24) is 14.9 Å². The Morgan fingerprint density at radius 2 is 1.95 bits per heavy atom. The van der Waals surface area contributed by atoms with Gasteiger partial charge in [0.05, 0.1) is 13.0 Å². The number of aliphatic hydroxyl groups excluding tert-OH is 1. The van der Waals surface area contributed by atoms with Crippen LogP contribution in [0.15, 0.2) is 15.7 Å². The largest absolute Gasteiger partial charge is 0.406 e. The Morgan fingerprint density at radius 3 is 2.45 bits per heavy atom. The zero-order valence-electron chi connectivity index (χ0n) is 10.2. The number of H-pyrrole nitrogens is 2. The number of carbonyl (C=O) groups is 1. The van der Waals surface area contributed by atoms with Crippen molar-refractivity contribution >= 4 is 5.91 Å². The van der Waals surface area contributed by atoms with Gasteiger partial charge in [0.15, 0.2) is 0 Å². The van der Waals surface area contributed by atoms with E-state index in [9.17, 15) is 27.6 Å². The molecule has 0 radical (unpaired) electrons. The molecular weight excluding hydrogens is 283 g/mol. The Kier molecular flexibility index (Phi) is 5.08. The normalized spacial score (nSPS) is 11.4. The number of hydrogen-bond donors (Lipinski definition) is 3. The first kappa shape index (κ1) is 16.0. The van der Waals surface area contributed by atoms with Crippen molar-refractivity contribution in [2.45, 2.75) is 12.6 Å². The monoisotopic (exact) mass is 295 g/mol. The summed E-state index contributed by atoms with van der Waals surface area (Å²) in [6.45, 7) is -2.64. The van der Waals surface area contributed by atoms with E-state index in [1.165, 1.54) is 0 Å². The number of aromatic amines is 2. The highest BCUT2D eigenvalue weighted by molar-refractivity contribution is 5.78. The van der Waals surface area contributed by atoms with Gasteiger partial charge >= 0.3 is 11.9 Å². The van der Waals surface area contributed by atoms with Crippen LogP contribution in [-0.4, -0.2) is 51.8 Å². The maximum absolute atomic E-state index is 12.3. The van der Waals surface area contributed by atoms with Crippen LogP contribution in [-0.2, 0) is 11.2 Å². The van der Waals surface area contributed by atoms with E-state index in [0.717, 1.165) is 6.07 Å². The highest BCUT2D eigenvalue weighted by Gasteiger charge is 2.32. The molecule has 0 bridgehead atoms. The number of hydrogen-bond acceptors (Lipinski definition) is 4. The number of aromatic nitrogens is 2. The van der Waals surface area contributed by atoms with Gasteiger partial charge < -0.3 is 15.0 Å². The van der Waals surface area contributed by atoms with Crippen LogP contribution in [0.25, 0.3) is 0 Å². The van der Waals surface area contributed by atoms with E-state index in [1.54, 1.807) is 0 Å². The fraction of sp³-hybridized carbons (Fsp3) is 0.500. The fourth-order valence-corrected chi connectivity index (χ4v) is 1.52. The first-order valence-electron chi connectivity index (χ1n) is 5.49. The van der Waals surface area contributed by atoms with Gasteiger partial charge in [-0.2, -0.15) is 13.2 Å². The van der Waals surface area contributed by atoms with Crippen LogP contribution < -0.4 is 11.2 Å². The van der Waals surface area contributed by atoms with Crippen LogP contribution in [0.1, 0.15) is 5.69 Å². The van der Waals surface area contributed by atoms with Gasteiger partial charge in [-0.05, 0) is 0 Å². The van der Waals surface area contributed by atoms with Crippen molar-refractivity contribution in [3.05, 3.63) is 32.6 Å². The van der Waals surface area contributed by atoms with Crippen molar-refractivity contribution in [1.29, 1.82) is 0 Å². The third-order valence-electron chi connectivity index (χ3n) is 2.25. The maximum Gasteiger partial charge on any atom is 0.406 e. The van der Waals surface area contributed by atoms with Gasteiger partial charge in [0.25, 0.3) is 5.56 Å². The number of aliphatic hydroxyl groups is 1. The van der Waals surface area contributed by atoms with Gasteiger partial charge in [-0.3, -0.25) is 14.6 Å². The summed E-state index contributed by atoms with van der Waals surface area (Å²) in [5.74, 6) is -0.961. The van der Waals surface area contributed by atoms with E-state index in [2.05, 4.69) is 4.98 Å². The highest BCUT2D eigenvalue weighted by atomic mass is 19.4.